The van der Waals surface area contributed by atoms with Crippen LogP contribution in [0.4, 0.5) is 0 Å². The van der Waals surface area contributed by atoms with Crippen molar-refractivity contribution in [3.05, 3.63) is 12.2 Å². The molecule has 0 aliphatic carbocycles. The Morgan fingerprint density at radius 1 is 1.73 bits per heavy atom. The van der Waals surface area contributed by atoms with Crippen molar-refractivity contribution >= 4 is 5.97 Å². The number of esters is 1. The molecule has 0 spiro atoms. The van der Waals surface area contributed by atoms with Crippen molar-refractivity contribution in [2.75, 3.05) is 13.2 Å². The molecule has 4 nitrogen and oxygen atoms in total. The van der Waals surface area contributed by atoms with Crippen molar-refractivity contribution in [2.24, 2.45) is 0 Å². The van der Waals surface area contributed by atoms with E-state index in [0.29, 0.717) is 18.6 Å². The molecule has 0 aromatic heterocycles. The van der Waals surface area contributed by atoms with E-state index in [4.69, 9.17) is 14.6 Å². The normalized spacial score (nSPS) is 22.4. The summed E-state index contributed by atoms with van der Waals surface area (Å²) in [4.78, 5) is 11.3. The minimum absolute atomic E-state index is 0.00596. The molecule has 1 N–H and O–H groups in total. The Balaban J connectivity index is 2.49. The summed E-state index contributed by atoms with van der Waals surface area (Å²) >= 11 is 0. The number of carbonyl (C=O) groups excluding carboxylic acids is 1. The largest absolute Gasteiger partial charge is 0.456 e. The van der Waals surface area contributed by atoms with Crippen molar-refractivity contribution in [2.45, 2.75) is 38.4 Å². The van der Waals surface area contributed by atoms with Gasteiger partial charge in [-0.3, -0.25) is 0 Å². The Hall–Kier alpha value is -0.870. The lowest BCUT2D eigenvalue weighted by Crippen LogP contribution is -2.32. The van der Waals surface area contributed by atoms with Gasteiger partial charge in [0, 0.05) is 25.2 Å². The van der Waals surface area contributed by atoms with Crippen LogP contribution in [0, 0.1) is 0 Å². The van der Waals surface area contributed by atoms with Crippen molar-refractivity contribution in [1.82, 2.24) is 0 Å². The third kappa shape index (κ3) is 3.64. The summed E-state index contributed by atoms with van der Waals surface area (Å²) in [6, 6.07) is 0. The van der Waals surface area contributed by atoms with Gasteiger partial charge in [-0.1, -0.05) is 6.58 Å². The van der Waals surface area contributed by atoms with Crippen LogP contribution in [0.2, 0.25) is 0 Å². The molecule has 2 unspecified atom stereocenters. The lowest BCUT2D eigenvalue weighted by molar-refractivity contribution is -0.151. The SMILES string of the molecule is C=C(C)C(=O)OC(CCO)C1CCCO1. The smallest absolute Gasteiger partial charge is 0.333 e. The summed E-state index contributed by atoms with van der Waals surface area (Å²) < 4.78 is 10.6. The number of rotatable bonds is 5. The van der Waals surface area contributed by atoms with Crippen molar-refractivity contribution in [1.29, 1.82) is 0 Å². The summed E-state index contributed by atoms with van der Waals surface area (Å²) in [5.41, 5.74) is 0.371. The molecule has 1 fully saturated rings. The Morgan fingerprint density at radius 2 is 2.47 bits per heavy atom. The molecular weight excluding hydrogens is 196 g/mol. The highest BCUT2D eigenvalue weighted by molar-refractivity contribution is 5.87. The lowest BCUT2D eigenvalue weighted by atomic mass is 10.1. The minimum Gasteiger partial charge on any atom is -0.456 e. The van der Waals surface area contributed by atoms with E-state index >= 15 is 0 Å². The molecular formula is C11H18O4. The van der Waals surface area contributed by atoms with Crippen molar-refractivity contribution < 1.29 is 19.4 Å². The third-order valence-electron chi connectivity index (χ3n) is 2.40. The maximum Gasteiger partial charge on any atom is 0.333 e. The Labute approximate surface area is 89.9 Å². The van der Waals surface area contributed by atoms with E-state index < -0.39 is 5.97 Å². The van der Waals surface area contributed by atoms with Gasteiger partial charge in [0.05, 0.1) is 6.10 Å². The number of carbonyl (C=O) groups is 1. The number of ether oxygens (including phenoxy) is 2. The third-order valence-corrected chi connectivity index (χ3v) is 2.40. The van der Waals surface area contributed by atoms with E-state index in [-0.39, 0.29) is 18.8 Å². The second-order valence-electron chi connectivity index (χ2n) is 3.79. The predicted octanol–water partition coefficient (Wildman–Crippen LogP) is 1.04. The highest BCUT2D eigenvalue weighted by atomic mass is 16.6. The van der Waals surface area contributed by atoms with E-state index in [1.807, 2.05) is 0 Å². The Morgan fingerprint density at radius 3 is 2.93 bits per heavy atom. The molecule has 2 atom stereocenters. The monoisotopic (exact) mass is 214 g/mol. The second kappa shape index (κ2) is 5.88. The number of hydrogen-bond donors (Lipinski definition) is 1. The van der Waals surface area contributed by atoms with Crippen LogP contribution < -0.4 is 0 Å². The first-order chi connectivity index (χ1) is 7.15. The van der Waals surface area contributed by atoms with Crippen LogP contribution in [0.3, 0.4) is 0 Å². The molecule has 0 aromatic carbocycles. The second-order valence-corrected chi connectivity index (χ2v) is 3.79. The van der Waals surface area contributed by atoms with E-state index in [1.54, 1.807) is 6.92 Å². The maximum atomic E-state index is 11.3. The maximum absolute atomic E-state index is 11.3. The van der Waals surface area contributed by atoms with Gasteiger partial charge in [-0.2, -0.15) is 0 Å². The molecule has 0 aromatic rings. The summed E-state index contributed by atoms with van der Waals surface area (Å²) in [6.07, 6.45) is 1.87. The molecule has 0 bridgehead atoms. The molecule has 4 heteroatoms. The van der Waals surface area contributed by atoms with Gasteiger partial charge in [0.25, 0.3) is 0 Å². The van der Waals surface area contributed by atoms with Crippen LogP contribution in [-0.4, -0.2) is 36.5 Å². The summed E-state index contributed by atoms with van der Waals surface area (Å²) in [5.74, 6) is -0.413. The zero-order valence-corrected chi connectivity index (χ0v) is 9.07. The Bertz CT molecular complexity index is 231. The first-order valence-electron chi connectivity index (χ1n) is 5.24. The first-order valence-corrected chi connectivity index (χ1v) is 5.24. The van der Waals surface area contributed by atoms with Gasteiger partial charge in [-0.15, -0.1) is 0 Å². The summed E-state index contributed by atoms with van der Waals surface area (Å²) in [7, 11) is 0. The zero-order chi connectivity index (χ0) is 11.3. The molecule has 15 heavy (non-hydrogen) atoms. The molecule has 1 rings (SSSR count). The predicted molar refractivity (Wildman–Crippen MR) is 55.4 cm³/mol. The number of aliphatic hydroxyl groups is 1. The van der Waals surface area contributed by atoms with Gasteiger partial charge in [0.15, 0.2) is 0 Å². The highest BCUT2D eigenvalue weighted by Gasteiger charge is 2.28. The molecule has 1 aliphatic heterocycles. The molecule has 0 radical (unpaired) electrons. The fourth-order valence-corrected chi connectivity index (χ4v) is 1.58. The standard InChI is InChI=1S/C11H18O4/c1-8(2)11(13)15-10(5-6-12)9-4-3-7-14-9/h9-10,12H,1,3-7H2,2H3. The first kappa shape index (κ1) is 12.2. The van der Waals surface area contributed by atoms with Gasteiger partial charge < -0.3 is 14.6 Å². The van der Waals surface area contributed by atoms with E-state index in [2.05, 4.69) is 6.58 Å². The molecule has 1 aliphatic rings. The highest BCUT2D eigenvalue weighted by Crippen LogP contribution is 2.20. The zero-order valence-electron chi connectivity index (χ0n) is 9.07. The van der Waals surface area contributed by atoms with Crippen molar-refractivity contribution in [3.63, 3.8) is 0 Å². The van der Waals surface area contributed by atoms with Crippen LogP contribution in [0.1, 0.15) is 26.2 Å². The van der Waals surface area contributed by atoms with Crippen LogP contribution in [0.15, 0.2) is 12.2 Å². The van der Waals surface area contributed by atoms with Gasteiger partial charge in [0.2, 0.25) is 0 Å². The molecule has 1 saturated heterocycles. The molecule has 0 saturated carbocycles. The quantitative estimate of drug-likeness (QED) is 0.548. The number of hydrogen-bond acceptors (Lipinski definition) is 4. The van der Waals surface area contributed by atoms with Crippen molar-refractivity contribution in [3.8, 4) is 0 Å². The minimum atomic E-state index is -0.413. The van der Waals surface area contributed by atoms with Gasteiger partial charge in [0.1, 0.15) is 6.10 Å². The fourth-order valence-electron chi connectivity index (χ4n) is 1.58. The summed E-state index contributed by atoms with van der Waals surface area (Å²) in [5, 5.41) is 8.88. The van der Waals surface area contributed by atoms with Gasteiger partial charge >= 0.3 is 5.97 Å². The molecule has 0 amide bonds. The van der Waals surface area contributed by atoms with Crippen LogP contribution in [0.25, 0.3) is 0 Å². The van der Waals surface area contributed by atoms with Gasteiger partial charge in [-0.05, 0) is 19.8 Å². The Kier molecular flexibility index (Phi) is 4.78. The van der Waals surface area contributed by atoms with Gasteiger partial charge in [-0.25, -0.2) is 4.79 Å². The topological polar surface area (TPSA) is 55.8 Å². The average Bonchev–Trinajstić information content (AvgIpc) is 2.69. The number of aliphatic hydroxyl groups excluding tert-OH is 1. The summed E-state index contributed by atoms with van der Waals surface area (Å²) in [6.45, 7) is 5.82. The van der Waals surface area contributed by atoms with E-state index in [9.17, 15) is 4.79 Å². The molecule has 86 valence electrons. The lowest BCUT2D eigenvalue weighted by Gasteiger charge is -2.22. The van der Waals surface area contributed by atoms with Crippen LogP contribution in [0.5, 0.6) is 0 Å². The average molecular weight is 214 g/mol. The van der Waals surface area contributed by atoms with E-state index in [0.717, 1.165) is 12.8 Å². The molecule has 1 heterocycles. The fraction of sp³-hybridized carbons (Fsp3) is 0.727. The van der Waals surface area contributed by atoms with E-state index in [1.165, 1.54) is 0 Å². The van der Waals surface area contributed by atoms with Crippen LogP contribution >= 0.6 is 0 Å². The van der Waals surface area contributed by atoms with Crippen LogP contribution in [-0.2, 0) is 14.3 Å².